The summed E-state index contributed by atoms with van der Waals surface area (Å²) in [6.45, 7) is 6.43. The van der Waals surface area contributed by atoms with Crippen LogP contribution in [0.5, 0.6) is 0 Å². The zero-order chi connectivity index (χ0) is 9.80. The molecule has 0 saturated heterocycles. The Labute approximate surface area is 79.3 Å². The number of aliphatic carboxylic acids is 1. The number of hydrogen-bond acceptors (Lipinski definition) is 1. The molecule has 5 unspecified atom stereocenters. The van der Waals surface area contributed by atoms with Crippen LogP contribution in [0.15, 0.2) is 0 Å². The van der Waals surface area contributed by atoms with Crippen LogP contribution < -0.4 is 0 Å². The third-order valence-electron chi connectivity index (χ3n) is 4.76. The summed E-state index contributed by atoms with van der Waals surface area (Å²) in [5, 5.41) is 9.20. The normalized spacial score (nSPS) is 54.1. The van der Waals surface area contributed by atoms with E-state index < -0.39 is 11.4 Å². The number of rotatable bonds is 1. The summed E-state index contributed by atoms with van der Waals surface area (Å²) >= 11 is 0. The average molecular weight is 182 g/mol. The van der Waals surface area contributed by atoms with Crippen molar-refractivity contribution in [3.8, 4) is 0 Å². The first-order chi connectivity index (χ1) is 5.97. The van der Waals surface area contributed by atoms with Gasteiger partial charge in [-0.3, -0.25) is 4.79 Å². The molecule has 0 aromatic rings. The van der Waals surface area contributed by atoms with Crippen molar-refractivity contribution in [3.63, 3.8) is 0 Å². The Morgan fingerprint density at radius 3 is 2.38 bits per heavy atom. The Morgan fingerprint density at radius 2 is 2.00 bits per heavy atom. The van der Waals surface area contributed by atoms with Crippen LogP contribution in [0, 0.1) is 29.1 Å². The van der Waals surface area contributed by atoms with E-state index in [0.717, 1.165) is 18.8 Å². The summed E-state index contributed by atoms with van der Waals surface area (Å²) in [5.74, 6) is 1.84. The minimum atomic E-state index is -0.584. The molecule has 0 amide bonds. The van der Waals surface area contributed by atoms with E-state index in [9.17, 15) is 9.90 Å². The van der Waals surface area contributed by atoms with E-state index in [-0.39, 0.29) is 0 Å². The highest BCUT2D eigenvalue weighted by atomic mass is 16.4. The van der Waals surface area contributed by atoms with Crippen molar-refractivity contribution < 1.29 is 9.90 Å². The molecule has 0 aliphatic heterocycles. The van der Waals surface area contributed by atoms with Gasteiger partial charge in [-0.15, -0.1) is 0 Å². The number of carbonyl (C=O) groups is 1. The molecule has 2 rings (SSSR count). The van der Waals surface area contributed by atoms with Gasteiger partial charge in [0, 0.05) is 0 Å². The van der Waals surface area contributed by atoms with Crippen molar-refractivity contribution in [1.82, 2.24) is 0 Å². The summed E-state index contributed by atoms with van der Waals surface area (Å²) in [5.41, 5.74) is -0.420. The van der Waals surface area contributed by atoms with Crippen LogP contribution in [0.3, 0.4) is 0 Å². The van der Waals surface area contributed by atoms with Gasteiger partial charge in [-0.05, 0) is 43.4 Å². The Hall–Kier alpha value is -0.530. The van der Waals surface area contributed by atoms with E-state index in [2.05, 4.69) is 13.8 Å². The molecule has 2 fully saturated rings. The molecular formula is C11H18O2. The van der Waals surface area contributed by atoms with E-state index in [1.807, 2.05) is 6.92 Å². The second kappa shape index (κ2) is 2.49. The molecule has 5 atom stereocenters. The van der Waals surface area contributed by atoms with Crippen LogP contribution in [0.2, 0.25) is 0 Å². The summed E-state index contributed by atoms with van der Waals surface area (Å²) in [7, 11) is 0. The van der Waals surface area contributed by atoms with Gasteiger partial charge in [-0.2, -0.15) is 0 Å². The van der Waals surface area contributed by atoms with E-state index in [0.29, 0.717) is 17.8 Å². The first-order valence-corrected chi connectivity index (χ1v) is 5.20. The lowest BCUT2D eigenvalue weighted by Crippen LogP contribution is -2.39. The number of carboxylic acid groups (broad SMARTS) is 1. The Balaban J connectivity index is 2.27. The molecule has 2 aliphatic rings. The van der Waals surface area contributed by atoms with Crippen LogP contribution in [0.4, 0.5) is 0 Å². The highest BCUT2D eigenvalue weighted by Crippen LogP contribution is 2.60. The predicted molar refractivity (Wildman–Crippen MR) is 50.3 cm³/mol. The van der Waals surface area contributed by atoms with Crippen molar-refractivity contribution in [2.75, 3.05) is 0 Å². The molecule has 0 aromatic carbocycles. The third-order valence-corrected chi connectivity index (χ3v) is 4.76. The van der Waals surface area contributed by atoms with Crippen LogP contribution in [-0.4, -0.2) is 11.1 Å². The maximum atomic E-state index is 11.2. The lowest BCUT2D eigenvalue weighted by atomic mass is 9.67. The standard InChI is InChI=1S/C11H18O2/c1-6-7(2)9-4-8(6)5-11(9,3)10(12)13/h6-9H,4-5H2,1-3H3,(H,12,13). The van der Waals surface area contributed by atoms with Gasteiger partial charge in [-0.1, -0.05) is 13.8 Å². The van der Waals surface area contributed by atoms with Gasteiger partial charge >= 0.3 is 5.97 Å². The van der Waals surface area contributed by atoms with Gasteiger partial charge in [0.25, 0.3) is 0 Å². The Kier molecular flexibility index (Phi) is 1.73. The SMILES string of the molecule is CC1C2CC(C1C)C(C)(C(=O)O)C2. The zero-order valence-electron chi connectivity index (χ0n) is 8.58. The highest BCUT2D eigenvalue weighted by Gasteiger charge is 2.58. The van der Waals surface area contributed by atoms with E-state index >= 15 is 0 Å². The van der Waals surface area contributed by atoms with Crippen LogP contribution in [-0.2, 0) is 4.79 Å². The molecule has 0 radical (unpaired) electrons. The topological polar surface area (TPSA) is 37.3 Å². The number of hydrogen-bond donors (Lipinski definition) is 1. The van der Waals surface area contributed by atoms with Gasteiger partial charge in [0.2, 0.25) is 0 Å². The lowest BCUT2D eigenvalue weighted by Gasteiger charge is -2.37. The second-order valence-electron chi connectivity index (χ2n) is 5.25. The molecule has 0 aromatic heterocycles. The second-order valence-corrected chi connectivity index (χ2v) is 5.25. The molecule has 0 spiro atoms. The predicted octanol–water partition coefficient (Wildman–Crippen LogP) is 2.39. The monoisotopic (exact) mass is 182 g/mol. The highest BCUT2D eigenvalue weighted by molar-refractivity contribution is 5.75. The molecule has 74 valence electrons. The van der Waals surface area contributed by atoms with Crippen LogP contribution in [0.25, 0.3) is 0 Å². The van der Waals surface area contributed by atoms with Gasteiger partial charge in [-0.25, -0.2) is 0 Å². The molecule has 13 heavy (non-hydrogen) atoms. The third kappa shape index (κ3) is 0.976. The minimum absolute atomic E-state index is 0.420. The maximum Gasteiger partial charge on any atom is 0.309 e. The van der Waals surface area contributed by atoms with Crippen LogP contribution in [0.1, 0.15) is 33.6 Å². The summed E-state index contributed by atoms with van der Waals surface area (Å²) < 4.78 is 0. The molecule has 2 bridgehead atoms. The Bertz CT molecular complexity index is 246. The summed E-state index contributed by atoms with van der Waals surface area (Å²) in [4.78, 5) is 11.2. The summed E-state index contributed by atoms with van der Waals surface area (Å²) in [6, 6.07) is 0. The average Bonchev–Trinajstić information content (AvgIpc) is 2.52. The van der Waals surface area contributed by atoms with E-state index in [1.54, 1.807) is 0 Å². The quantitative estimate of drug-likeness (QED) is 0.676. The molecule has 2 saturated carbocycles. The minimum Gasteiger partial charge on any atom is -0.481 e. The molecule has 2 aliphatic carbocycles. The van der Waals surface area contributed by atoms with Crippen molar-refractivity contribution in [2.45, 2.75) is 33.6 Å². The molecular weight excluding hydrogens is 164 g/mol. The smallest absolute Gasteiger partial charge is 0.309 e. The lowest BCUT2D eigenvalue weighted by molar-refractivity contribution is -0.153. The van der Waals surface area contributed by atoms with Gasteiger partial charge < -0.3 is 5.11 Å². The van der Waals surface area contributed by atoms with Gasteiger partial charge in [0.05, 0.1) is 5.41 Å². The number of fused-ring (bicyclic) bond motifs is 2. The van der Waals surface area contributed by atoms with Gasteiger partial charge in [0.15, 0.2) is 0 Å². The molecule has 2 nitrogen and oxygen atoms in total. The first-order valence-electron chi connectivity index (χ1n) is 5.20. The number of carboxylic acids is 1. The maximum absolute atomic E-state index is 11.2. The summed E-state index contributed by atoms with van der Waals surface area (Å²) in [6.07, 6.45) is 2.05. The molecule has 2 heteroatoms. The van der Waals surface area contributed by atoms with Crippen molar-refractivity contribution >= 4 is 5.97 Å². The first kappa shape index (κ1) is 9.04. The van der Waals surface area contributed by atoms with Crippen molar-refractivity contribution in [2.24, 2.45) is 29.1 Å². The fourth-order valence-corrected chi connectivity index (χ4v) is 3.60. The van der Waals surface area contributed by atoms with Gasteiger partial charge in [0.1, 0.15) is 0 Å². The molecule has 0 heterocycles. The van der Waals surface area contributed by atoms with Crippen molar-refractivity contribution in [3.05, 3.63) is 0 Å². The zero-order valence-corrected chi connectivity index (χ0v) is 8.58. The fourth-order valence-electron chi connectivity index (χ4n) is 3.60. The molecule has 1 N–H and O–H groups in total. The fraction of sp³-hybridized carbons (Fsp3) is 0.909. The van der Waals surface area contributed by atoms with E-state index in [4.69, 9.17) is 0 Å². The Morgan fingerprint density at radius 1 is 1.38 bits per heavy atom. The van der Waals surface area contributed by atoms with Crippen LogP contribution >= 0.6 is 0 Å². The van der Waals surface area contributed by atoms with E-state index in [1.165, 1.54) is 0 Å². The largest absolute Gasteiger partial charge is 0.481 e. The van der Waals surface area contributed by atoms with Crippen molar-refractivity contribution in [1.29, 1.82) is 0 Å².